The summed E-state index contributed by atoms with van der Waals surface area (Å²) in [6.07, 6.45) is 0. The maximum atomic E-state index is 12.1. The minimum absolute atomic E-state index is 0.152. The predicted octanol–water partition coefficient (Wildman–Crippen LogP) is 2.39. The van der Waals surface area contributed by atoms with Crippen LogP contribution in [0, 0.1) is 0 Å². The maximum absolute atomic E-state index is 12.1. The van der Waals surface area contributed by atoms with E-state index in [0.717, 1.165) is 0 Å². The van der Waals surface area contributed by atoms with Crippen LogP contribution >= 0.6 is 23.2 Å². The summed E-state index contributed by atoms with van der Waals surface area (Å²) in [5.41, 5.74) is 2.04. The smallest absolute Gasteiger partial charge is 0.272 e. The summed E-state index contributed by atoms with van der Waals surface area (Å²) in [6, 6.07) is 10.5. The molecule has 0 aliphatic carbocycles. The first-order valence-corrected chi connectivity index (χ1v) is 9.08. The molecule has 0 bridgehead atoms. The highest BCUT2D eigenvalue weighted by Gasteiger charge is 2.17. The lowest BCUT2D eigenvalue weighted by Gasteiger charge is -2.11. The van der Waals surface area contributed by atoms with E-state index in [9.17, 15) is 13.2 Å². The summed E-state index contributed by atoms with van der Waals surface area (Å²) in [4.78, 5) is 13.5. The van der Waals surface area contributed by atoms with Crippen LogP contribution in [0.5, 0.6) is 11.5 Å². The lowest BCUT2D eigenvalue weighted by molar-refractivity contribution is -0.123. The molecule has 2 aromatic rings. The Labute approximate surface area is 154 Å². The second kappa shape index (κ2) is 8.39. The minimum atomic E-state index is -4.03. The van der Waals surface area contributed by atoms with Crippen LogP contribution in [-0.2, 0) is 14.8 Å². The lowest BCUT2D eigenvalue weighted by atomic mass is 10.3. The number of benzene rings is 2. The van der Waals surface area contributed by atoms with Gasteiger partial charge in [-0.2, -0.15) is 0 Å². The molecule has 0 spiro atoms. The average molecular weight is 405 g/mol. The fraction of sp³-hybridized carbons (Fsp3) is 0.133. The Morgan fingerprint density at radius 3 is 2.28 bits per heavy atom. The van der Waals surface area contributed by atoms with Crippen molar-refractivity contribution in [1.29, 1.82) is 0 Å². The summed E-state index contributed by atoms with van der Waals surface area (Å²) in [6.45, 7) is -0.417. The van der Waals surface area contributed by atoms with Gasteiger partial charge in [-0.05, 0) is 30.3 Å². The zero-order valence-electron chi connectivity index (χ0n) is 13.0. The number of ether oxygens (including phenoxy) is 2. The normalized spacial score (nSPS) is 11.0. The number of sulfonamides is 1. The van der Waals surface area contributed by atoms with E-state index in [1.807, 2.05) is 10.3 Å². The van der Waals surface area contributed by atoms with Crippen molar-refractivity contribution in [2.75, 3.05) is 13.7 Å². The third-order valence-corrected chi connectivity index (χ3v) is 4.56. The molecule has 0 saturated heterocycles. The topological polar surface area (TPSA) is 93.7 Å². The molecule has 0 heterocycles. The van der Waals surface area contributed by atoms with Crippen LogP contribution in [-0.4, -0.2) is 28.0 Å². The number of methoxy groups -OCH3 is 1. The number of hydrogen-bond acceptors (Lipinski definition) is 5. The molecule has 2 N–H and O–H groups in total. The number of amides is 1. The van der Waals surface area contributed by atoms with Crippen molar-refractivity contribution in [2.24, 2.45) is 0 Å². The average Bonchev–Trinajstić information content (AvgIpc) is 2.57. The Balaban J connectivity index is 1.95. The molecule has 10 heteroatoms. The van der Waals surface area contributed by atoms with Gasteiger partial charge in [0.25, 0.3) is 15.9 Å². The summed E-state index contributed by atoms with van der Waals surface area (Å²) >= 11 is 11.5. The number of carbonyl (C=O) groups excluding carboxylic acids is 1. The van der Waals surface area contributed by atoms with Gasteiger partial charge in [0.1, 0.15) is 0 Å². The molecule has 0 atom stereocenters. The van der Waals surface area contributed by atoms with Gasteiger partial charge < -0.3 is 9.47 Å². The van der Waals surface area contributed by atoms with Crippen molar-refractivity contribution in [2.45, 2.75) is 4.90 Å². The zero-order chi connectivity index (χ0) is 18.4. The van der Waals surface area contributed by atoms with Gasteiger partial charge >= 0.3 is 0 Å². The van der Waals surface area contributed by atoms with Gasteiger partial charge in [-0.15, -0.1) is 4.83 Å². The van der Waals surface area contributed by atoms with E-state index >= 15 is 0 Å². The van der Waals surface area contributed by atoms with E-state index in [4.69, 9.17) is 32.7 Å². The molecule has 0 aliphatic heterocycles. The molecule has 2 rings (SSSR count). The van der Waals surface area contributed by atoms with Crippen molar-refractivity contribution in [3.8, 4) is 11.5 Å². The SMILES string of the molecule is COc1ccccc1OCC(=O)NNS(=O)(=O)c1cc(Cl)cc(Cl)c1. The molecule has 0 aliphatic rings. The molecule has 25 heavy (non-hydrogen) atoms. The summed E-state index contributed by atoms with van der Waals surface area (Å²) in [5, 5.41) is 0.303. The standard InChI is InChI=1S/C15H14Cl2N2O5S/c1-23-13-4-2-3-5-14(13)24-9-15(20)18-19-25(21,22)12-7-10(16)6-11(17)8-12/h2-8,19H,9H2,1H3,(H,18,20). The molecule has 0 aromatic heterocycles. The Morgan fingerprint density at radius 2 is 1.68 bits per heavy atom. The molecule has 0 unspecified atom stereocenters. The third-order valence-electron chi connectivity index (χ3n) is 2.90. The molecular weight excluding hydrogens is 391 g/mol. The number of rotatable bonds is 7. The van der Waals surface area contributed by atoms with Gasteiger partial charge in [0, 0.05) is 10.0 Å². The second-order valence-electron chi connectivity index (χ2n) is 4.70. The van der Waals surface area contributed by atoms with Gasteiger partial charge in [-0.3, -0.25) is 10.2 Å². The van der Waals surface area contributed by atoms with Crippen LogP contribution in [0.3, 0.4) is 0 Å². The van der Waals surface area contributed by atoms with Gasteiger partial charge in [-0.1, -0.05) is 35.3 Å². The van der Waals surface area contributed by atoms with E-state index in [1.165, 1.54) is 25.3 Å². The van der Waals surface area contributed by atoms with Crippen LogP contribution < -0.4 is 19.7 Å². The van der Waals surface area contributed by atoms with E-state index in [-0.39, 0.29) is 14.9 Å². The molecule has 0 saturated carbocycles. The molecule has 7 nitrogen and oxygen atoms in total. The van der Waals surface area contributed by atoms with Crippen molar-refractivity contribution < 1.29 is 22.7 Å². The molecule has 2 aromatic carbocycles. The summed E-state index contributed by atoms with van der Waals surface area (Å²) in [5.74, 6) is 0.0942. The Kier molecular flexibility index (Phi) is 6.49. The first-order valence-electron chi connectivity index (χ1n) is 6.84. The quantitative estimate of drug-likeness (QED) is 0.690. The van der Waals surface area contributed by atoms with Gasteiger partial charge in [-0.25, -0.2) is 8.42 Å². The molecule has 0 radical (unpaired) electrons. The highest BCUT2D eigenvalue weighted by atomic mass is 35.5. The Hall–Kier alpha value is -2.00. The van der Waals surface area contributed by atoms with Crippen LogP contribution in [0.4, 0.5) is 0 Å². The lowest BCUT2D eigenvalue weighted by Crippen LogP contribution is -2.43. The monoisotopic (exact) mass is 404 g/mol. The van der Waals surface area contributed by atoms with Gasteiger partial charge in [0.15, 0.2) is 18.1 Å². The molecule has 134 valence electrons. The largest absolute Gasteiger partial charge is 0.493 e. The number of carbonyl (C=O) groups is 1. The predicted molar refractivity (Wildman–Crippen MR) is 93.4 cm³/mol. The number of hydrazine groups is 1. The van der Waals surface area contributed by atoms with Crippen LogP contribution in [0.15, 0.2) is 47.4 Å². The fourth-order valence-corrected chi connectivity index (χ4v) is 3.37. The molecular formula is C15H14Cl2N2O5S. The zero-order valence-corrected chi connectivity index (χ0v) is 15.3. The van der Waals surface area contributed by atoms with Crippen molar-refractivity contribution in [3.05, 3.63) is 52.5 Å². The Bertz CT molecular complexity index is 854. The Morgan fingerprint density at radius 1 is 1.08 bits per heavy atom. The summed E-state index contributed by atoms with van der Waals surface area (Å²) < 4.78 is 34.6. The number of para-hydroxylation sites is 2. The second-order valence-corrected chi connectivity index (χ2v) is 7.25. The van der Waals surface area contributed by atoms with Crippen molar-refractivity contribution in [1.82, 2.24) is 10.3 Å². The number of hydrogen-bond donors (Lipinski definition) is 2. The first kappa shape index (κ1) is 19.3. The van der Waals surface area contributed by atoms with Crippen molar-refractivity contribution in [3.63, 3.8) is 0 Å². The van der Waals surface area contributed by atoms with Crippen molar-refractivity contribution >= 4 is 39.1 Å². The number of nitrogens with one attached hydrogen (secondary N) is 2. The maximum Gasteiger partial charge on any atom is 0.272 e. The highest BCUT2D eigenvalue weighted by molar-refractivity contribution is 7.89. The van der Waals surface area contributed by atoms with E-state index in [2.05, 4.69) is 0 Å². The molecule has 1 amide bonds. The minimum Gasteiger partial charge on any atom is -0.493 e. The first-order chi connectivity index (χ1) is 11.8. The van der Waals surface area contributed by atoms with E-state index < -0.39 is 22.5 Å². The fourth-order valence-electron chi connectivity index (χ4n) is 1.78. The van der Waals surface area contributed by atoms with E-state index in [1.54, 1.807) is 24.3 Å². The van der Waals surface area contributed by atoms with E-state index in [0.29, 0.717) is 11.5 Å². The number of halogens is 2. The van der Waals surface area contributed by atoms with Gasteiger partial charge in [0.2, 0.25) is 0 Å². The third kappa shape index (κ3) is 5.50. The molecule has 0 fully saturated rings. The van der Waals surface area contributed by atoms with Crippen LogP contribution in [0.25, 0.3) is 0 Å². The summed E-state index contributed by atoms with van der Waals surface area (Å²) in [7, 11) is -2.56. The van der Waals surface area contributed by atoms with Crippen LogP contribution in [0.1, 0.15) is 0 Å². The van der Waals surface area contributed by atoms with Crippen LogP contribution in [0.2, 0.25) is 10.0 Å². The van der Waals surface area contributed by atoms with Gasteiger partial charge in [0.05, 0.1) is 12.0 Å². The highest BCUT2D eigenvalue weighted by Crippen LogP contribution is 2.25.